The lowest BCUT2D eigenvalue weighted by atomic mass is 10.1. The van der Waals surface area contributed by atoms with Gasteiger partial charge >= 0.3 is 6.18 Å². The Hall–Kier alpha value is 0.0600. The first-order valence-electron chi connectivity index (χ1n) is 5.91. The molecule has 1 heterocycles. The molecule has 0 aliphatic carbocycles. The second-order valence-electron chi connectivity index (χ2n) is 4.75. The summed E-state index contributed by atoms with van der Waals surface area (Å²) >= 11 is 1.78. The summed E-state index contributed by atoms with van der Waals surface area (Å²) in [6.45, 7) is 4.98. The number of rotatable bonds is 4. The maximum absolute atomic E-state index is 12.3. The van der Waals surface area contributed by atoms with Crippen LogP contribution in [-0.2, 0) is 0 Å². The summed E-state index contributed by atoms with van der Waals surface area (Å²) in [5.74, 6) is 1.35. The third-order valence-electron chi connectivity index (χ3n) is 2.89. The molecular formula is C11H21F3N2S. The predicted octanol–water partition coefficient (Wildman–Crippen LogP) is 2.17. The van der Waals surface area contributed by atoms with Crippen molar-refractivity contribution in [3.05, 3.63) is 0 Å². The first-order chi connectivity index (χ1) is 7.90. The smallest absolute Gasteiger partial charge is 0.301 e. The van der Waals surface area contributed by atoms with Gasteiger partial charge in [-0.1, -0.05) is 6.92 Å². The van der Waals surface area contributed by atoms with Crippen molar-refractivity contribution in [1.82, 2.24) is 9.80 Å². The van der Waals surface area contributed by atoms with Crippen molar-refractivity contribution in [2.75, 3.05) is 51.3 Å². The van der Waals surface area contributed by atoms with Crippen molar-refractivity contribution in [3.63, 3.8) is 0 Å². The average Bonchev–Trinajstić information content (AvgIpc) is 2.34. The van der Waals surface area contributed by atoms with Gasteiger partial charge in [-0.3, -0.25) is 4.90 Å². The van der Waals surface area contributed by atoms with Gasteiger partial charge in [-0.05, 0) is 12.2 Å². The fraction of sp³-hybridized carbons (Fsp3) is 1.00. The Morgan fingerprint density at radius 2 is 1.76 bits per heavy atom. The molecule has 0 N–H and O–H groups in total. The first-order valence-corrected chi connectivity index (χ1v) is 7.30. The molecular weight excluding hydrogens is 249 g/mol. The zero-order valence-electron chi connectivity index (χ0n) is 10.5. The van der Waals surface area contributed by atoms with Gasteiger partial charge in [0.05, 0.1) is 6.54 Å². The molecule has 1 aliphatic rings. The highest BCUT2D eigenvalue weighted by Gasteiger charge is 2.32. The minimum atomic E-state index is -4.08. The Kier molecular flexibility index (Phi) is 6.09. The summed E-state index contributed by atoms with van der Waals surface area (Å²) in [5.41, 5.74) is 0. The molecule has 1 unspecified atom stereocenters. The molecule has 1 fully saturated rings. The molecule has 1 atom stereocenters. The van der Waals surface area contributed by atoms with E-state index >= 15 is 0 Å². The fourth-order valence-corrected chi connectivity index (χ4v) is 2.67. The molecule has 0 aromatic heterocycles. The van der Waals surface area contributed by atoms with Crippen molar-refractivity contribution in [3.8, 4) is 0 Å². The fourth-order valence-electron chi connectivity index (χ4n) is 2.23. The molecule has 0 aromatic rings. The zero-order valence-corrected chi connectivity index (χ0v) is 11.3. The van der Waals surface area contributed by atoms with E-state index in [1.54, 1.807) is 11.8 Å². The third-order valence-corrected chi connectivity index (χ3v) is 3.48. The number of halogens is 3. The van der Waals surface area contributed by atoms with Crippen molar-refractivity contribution in [2.24, 2.45) is 5.92 Å². The predicted molar refractivity (Wildman–Crippen MR) is 66.5 cm³/mol. The van der Waals surface area contributed by atoms with Crippen LogP contribution in [0.4, 0.5) is 13.2 Å². The summed E-state index contributed by atoms with van der Waals surface area (Å²) in [6.07, 6.45) is -2.02. The minimum absolute atomic E-state index is 0.307. The highest BCUT2D eigenvalue weighted by molar-refractivity contribution is 7.98. The highest BCUT2D eigenvalue weighted by atomic mass is 32.2. The van der Waals surface area contributed by atoms with Crippen molar-refractivity contribution < 1.29 is 13.2 Å². The third kappa shape index (κ3) is 6.52. The van der Waals surface area contributed by atoms with E-state index < -0.39 is 12.7 Å². The second kappa shape index (κ2) is 6.85. The van der Waals surface area contributed by atoms with E-state index in [2.05, 4.69) is 11.2 Å². The molecule has 1 aliphatic heterocycles. The molecule has 0 bridgehead atoms. The molecule has 6 heteroatoms. The van der Waals surface area contributed by atoms with E-state index in [-0.39, 0.29) is 0 Å². The molecule has 0 saturated carbocycles. The number of alkyl halides is 3. The Bertz CT molecular complexity index is 223. The summed E-state index contributed by atoms with van der Waals surface area (Å²) in [7, 11) is 0. The molecule has 2 nitrogen and oxygen atoms in total. The van der Waals surface area contributed by atoms with E-state index in [4.69, 9.17) is 0 Å². The lowest BCUT2D eigenvalue weighted by molar-refractivity contribution is -0.146. The molecule has 0 spiro atoms. The van der Waals surface area contributed by atoms with Crippen LogP contribution in [0.5, 0.6) is 0 Å². The van der Waals surface area contributed by atoms with Gasteiger partial charge in [0.1, 0.15) is 0 Å². The standard InChI is InChI=1S/C11H21F3N2S/c1-10-7-15(5-6-17-2)3-4-16(8-10)9-11(12,13)14/h10H,3-9H2,1-2H3. The van der Waals surface area contributed by atoms with Gasteiger partial charge in [0.2, 0.25) is 0 Å². The monoisotopic (exact) mass is 270 g/mol. The molecule has 0 radical (unpaired) electrons. The number of nitrogens with zero attached hydrogens (tertiary/aromatic N) is 2. The number of hydrogen-bond donors (Lipinski definition) is 0. The van der Waals surface area contributed by atoms with Crippen molar-refractivity contribution in [1.29, 1.82) is 0 Å². The minimum Gasteiger partial charge on any atom is -0.301 e. The Morgan fingerprint density at radius 1 is 1.18 bits per heavy atom. The maximum atomic E-state index is 12.3. The van der Waals surface area contributed by atoms with Crippen LogP contribution in [0.15, 0.2) is 0 Å². The van der Waals surface area contributed by atoms with Gasteiger partial charge in [-0.2, -0.15) is 24.9 Å². The maximum Gasteiger partial charge on any atom is 0.401 e. The van der Waals surface area contributed by atoms with Gasteiger partial charge < -0.3 is 4.90 Å². The lowest BCUT2D eigenvalue weighted by Crippen LogP contribution is -2.38. The van der Waals surface area contributed by atoms with Crippen LogP contribution in [0.3, 0.4) is 0 Å². The van der Waals surface area contributed by atoms with Crippen LogP contribution in [0, 0.1) is 5.92 Å². The SMILES string of the molecule is CSCCN1CCN(CC(F)(F)F)CC(C)C1. The number of thioether (sulfide) groups is 1. The van der Waals surface area contributed by atoms with Gasteiger partial charge in [0.15, 0.2) is 0 Å². The van der Waals surface area contributed by atoms with Crippen LogP contribution in [-0.4, -0.2) is 67.3 Å². The summed E-state index contributed by atoms with van der Waals surface area (Å²) in [4.78, 5) is 3.81. The van der Waals surface area contributed by atoms with Crippen LogP contribution in [0.1, 0.15) is 6.92 Å². The van der Waals surface area contributed by atoms with E-state index in [0.717, 1.165) is 25.4 Å². The molecule has 1 saturated heterocycles. The van der Waals surface area contributed by atoms with Gasteiger partial charge in [-0.15, -0.1) is 0 Å². The molecule has 0 amide bonds. The van der Waals surface area contributed by atoms with E-state index in [0.29, 0.717) is 19.0 Å². The van der Waals surface area contributed by atoms with Gasteiger partial charge in [0.25, 0.3) is 0 Å². The zero-order chi connectivity index (χ0) is 12.9. The summed E-state index contributed by atoms with van der Waals surface area (Å²) < 4.78 is 37.0. The quantitative estimate of drug-likeness (QED) is 0.773. The van der Waals surface area contributed by atoms with E-state index in [1.165, 1.54) is 4.90 Å². The average molecular weight is 270 g/mol. The molecule has 102 valence electrons. The number of hydrogen-bond acceptors (Lipinski definition) is 3. The van der Waals surface area contributed by atoms with Crippen molar-refractivity contribution >= 4 is 11.8 Å². The van der Waals surface area contributed by atoms with E-state index in [9.17, 15) is 13.2 Å². The van der Waals surface area contributed by atoms with Crippen LogP contribution in [0.25, 0.3) is 0 Å². The van der Waals surface area contributed by atoms with Gasteiger partial charge in [-0.25, -0.2) is 0 Å². The topological polar surface area (TPSA) is 6.48 Å². The highest BCUT2D eigenvalue weighted by Crippen LogP contribution is 2.19. The largest absolute Gasteiger partial charge is 0.401 e. The Morgan fingerprint density at radius 3 is 2.35 bits per heavy atom. The molecule has 1 rings (SSSR count). The Balaban J connectivity index is 2.42. The Labute approximate surface area is 106 Å². The summed E-state index contributed by atoms with van der Waals surface area (Å²) in [5, 5.41) is 0. The second-order valence-corrected chi connectivity index (χ2v) is 5.73. The lowest BCUT2D eigenvalue weighted by Gasteiger charge is -2.22. The first kappa shape index (κ1) is 15.1. The molecule has 0 aromatic carbocycles. The van der Waals surface area contributed by atoms with Crippen LogP contribution >= 0.6 is 11.8 Å². The van der Waals surface area contributed by atoms with Crippen LogP contribution < -0.4 is 0 Å². The van der Waals surface area contributed by atoms with Gasteiger partial charge in [0, 0.05) is 38.5 Å². The van der Waals surface area contributed by atoms with E-state index in [1.807, 2.05) is 6.92 Å². The normalized spacial score (nSPS) is 24.9. The van der Waals surface area contributed by atoms with Crippen molar-refractivity contribution in [2.45, 2.75) is 13.1 Å². The molecule has 17 heavy (non-hydrogen) atoms. The van der Waals surface area contributed by atoms with Crippen LogP contribution in [0.2, 0.25) is 0 Å². The summed E-state index contributed by atoms with van der Waals surface area (Å²) in [6, 6.07) is 0.